The fourth-order valence-corrected chi connectivity index (χ4v) is 6.95. The second-order valence-electron chi connectivity index (χ2n) is 11.9. The SMILES string of the molecule is O[C@@H](c1ccccc1-c1ccc(Cl)cc1)C1CCCCC1.O[C@H](c1ccccc1-c1ccc(Cl)cc1)C1CCCCC1. The fraction of sp³-hybridized carbons (Fsp3) is 0.368. The van der Waals surface area contributed by atoms with Crippen molar-refractivity contribution in [2.24, 2.45) is 11.8 Å². The average molecular weight is 602 g/mol. The summed E-state index contributed by atoms with van der Waals surface area (Å²) in [6.07, 6.45) is 11.4. The van der Waals surface area contributed by atoms with E-state index < -0.39 is 0 Å². The molecule has 2 nitrogen and oxygen atoms in total. The molecule has 2 saturated carbocycles. The number of rotatable bonds is 6. The van der Waals surface area contributed by atoms with Gasteiger partial charge in [0.15, 0.2) is 0 Å². The van der Waals surface area contributed by atoms with E-state index in [1.807, 2.05) is 72.8 Å². The number of hydrogen-bond donors (Lipinski definition) is 2. The molecule has 220 valence electrons. The number of halogens is 2. The van der Waals surface area contributed by atoms with E-state index in [0.717, 1.165) is 69.1 Å². The molecule has 0 amide bonds. The maximum Gasteiger partial charge on any atom is 0.0824 e. The van der Waals surface area contributed by atoms with Crippen LogP contribution in [0.5, 0.6) is 0 Å². The number of benzene rings is 4. The molecule has 0 aromatic heterocycles. The second-order valence-corrected chi connectivity index (χ2v) is 12.7. The smallest absolute Gasteiger partial charge is 0.0824 e. The van der Waals surface area contributed by atoms with Gasteiger partial charge in [0.2, 0.25) is 0 Å². The number of hydrogen-bond acceptors (Lipinski definition) is 2. The quantitative estimate of drug-likeness (QED) is 0.231. The van der Waals surface area contributed by atoms with E-state index in [9.17, 15) is 10.2 Å². The molecule has 2 aliphatic rings. The van der Waals surface area contributed by atoms with Crippen molar-refractivity contribution in [2.45, 2.75) is 76.4 Å². The van der Waals surface area contributed by atoms with Crippen LogP contribution >= 0.6 is 23.2 Å². The largest absolute Gasteiger partial charge is 0.388 e. The Morgan fingerprint density at radius 1 is 0.452 bits per heavy atom. The molecule has 2 aliphatic carbocycles. The minimum absolute atomic E-state index is 0.364. The van der Waals surface area contributed by atoms with Crippen LogP contribution in [0.3, 0.4) is 0 Å². The highest BCUT2D eigenvalue weighted by Crippen LogP contribution is 2.40. The summed E-state index contributed by atoms with van der Waals surface area (Å²) in [5.74, 6) is 0.791. The Hall–Kier alpha value is -2.62. The molecular formula is C38H42Cl2O2. The third kappa shape index (κ3) is 7.85. The van der Waals surface area contributed by atoms with Crippen molar-refractivity contribution in [3.63, 3.8) is 0 Å². The monoisotopic (exact) mass is 600 g/mol. The lowest BCUT2D eigenvalue weighted by atomic mass is 9.81. The zero-order chi connectivity index (χ0) is 29.3. The first kappa shape index (κ1) is 30.8. The van der Waals surface area contributed by atoms with Crippen LogP contribution in [-0.4, -0.2) is 10.2 Å². The first-order chi connectivity index (χ1) is 20.5. The summed E-state index contributed by atoms with van der Waals surface area (Å²) in [7, 11) is 0. The normalized spacial score (nSPS) is 17.6. The highest BCUT2D eigenvalue weighted by Gasteiger charge is 2.26. The maximum atomic E-state index is 10.8. The lowest BCUT2D eigenvalue weighted by Gasteiger charge is -2.28. The van der Waals surface area contributed by atoms with E-state index in [-0.39, 0.29) is 12.2 Å². The van der Waals surface area contributed by atoms with E-state index in [4.69, 9.17) is 23.2 Å². The Labute approximate surface area is 261 Å². The van der Waals surface area contributed by atoms with Crippen molar-refractivity contribution < 1.29 is 10.2 Å². The van der Waals surface area contributed by atoms with E-state index in [1.165, 1.54) is 38.5 Å². The molecule has 0 heterocycles. The highest BCUT2D eigenvalue weighted by molar-refractivity contribution is 6.30. The summed E-state index contributed by atoms with van der Waals surface area (Å²) in [6.45, 7) is 0. The van der Waals surface area contributed by atoms with E-state index in [0.29, 0.717) is 11.8 Å². The Morgan fingerprint density at radius 3 is 1.14 bits per heavy atom. The van der Waals surface area contributed by atoms with Crippen molar-refractivity contribution in [1.29, 1.82) is 0 Å². The maximum absolute atomic E-state index is 10.8. The molecule has 4 aromatic carbocycles. The summed E-state index contributed by atoms with van der Waals surface area (Å²) in [6, 6.07) is 32.1. The molecule has 0 saturated heterocycles. The van der Waals surface area contributed by atoms with Crippen molar-refractivity contribution >= 4 is 23.2 Å². The van der Waals surface area contributed by atoms with Gasteiger partial charge in [-0.05, 0) is 95.2 Å². The Bertz CT molecular complexity index is 1280. The van der Waals surface area contributed by atoms with Gasteiger partial charge in [-0.3, -0.25) is 0 Å². The van der Waals surface area contributed by atoms with Gasteiger partial charge in [0.05, 0.1) is 12.2 Å². The van der Waals surface area contributed by atoms with Gasteiger partial charge in [-0.15, -0.1) is 0 Å². The summed E-state index contributed by atoms with van der Waals surface area (Å²) < 4.78 is 0. The highest BCUT2D eigenvalue weighted by atomic mass is 35.5. The molecule has 4 aromatic rings. The molecule has 2 fully saturated rings. The lowest BCUT2D eigenvalue weighted by Crippen LogP contribution is -2.16. The van der Waals surface area contributed by atoms with Crippen LogP contribution in [0, 0.1) is 11.8 Å². The summed E-state index contributed by atoms with van der Waals surface area (Å²) in [5.41, 5.74) is 6.56. The first-order valence-electron chi connectivity index (χ1n) is 15.6. The minimum Gasteiger partial charge on any atom is -0.388 e. The molecule has 0 radical (unpaired) electrons. The van der Waals surface area contributed by atoms with Crippen LogP contribution in [0.1, 0.15) is 87.5 Å². The van der Waals surface area contributed by atoms with E-state index in [1.54, 1.807) is 0 Å². The number of aliphatic hydroxyl groups excluding tert-OH is 2. The Kier molecular flexibility index (Phi) is 11.2. The van der Waals surface area contributed by atoms with Crippen molar-refractivity contribution in [3.8, 4) is 22.3 Å². The van der Waals surface area contributed by atoms with Gasteiger partial charge < -0.3 is 10.2 Å². The van der Waals surface area contributed by atoms with Crippen molar-refractivity contribution in [3.05, 3.63) is 118 Å². The average Bonchev–Trinajstić information content (AvgIpc) is 3.06. The standard InChI is InChI=1S/2C19H21ClO/c2*20-16-12-10-14(11-13-16)17-8-4-5-9-18(17)19(21)15-6-2-1-3-7-15/h2*4-5,8-13,15,19,21H,1-3,6-7H2/t2*19-/m10/s1. The molecule has 4 heteroatoms. The van der Waals surface area contributed by atoms with E-state index >= 15 is 0 Å². The van der Waals surface area contributed by atoms with Crippen LogP contribution in [0.2, 0.25) is 10.0 Å². The van der Waals surface area contributed by atoms with Gasteiger partial charge in [-0.2, -0.15) is 0 Å². The summed E-state index contributed by atoms with van der Waals surface area (Å²) in [4.78, 5) is 0. The third-order valence-corrected chi connectivity index (χ3v) is 9.57. The predicted octanol–water partition coefficient (Wildman–Crippen LogP) is 11.2. The zero-order valence-electron chi connectivity index (χ0n) is 24.3. The van der Waals surface area contributed by atoms with Crippen LogP contribution in [-0.2, 0) is 0 Å². The second kappa shape index (κ2) is 15.2. The Balaban J connectivity index is 0.000000168. The fourth-order valence-electron chi connectivity index (χ4n) is 6.70. The van der Waals surface area contributed by atoms with Crippen molar-refractivity contribution in [1.82, 2.24) is 0 Å². The number of aliphatic hydroxyl groups is 2. The van der Waals surface area contributed by atoms with Crippen LogP contribution in [0.4, 0.5) is 0 Å². The molecule has 2 N–H and O–H groups in total. The molecule has 42 heavy (non-hydrogen) atoms. The summed E-state index contributed by atoms with van der Waals surface area (Å²) >= 11 is 11.9. The molecule has 0 bridgehead atoms. The van der Waals surface area contributed by atoms with Gasteiger partial charge in [-0.1, -0.05) is 135 Å². The van der Waals surface area contributed by atoms with E-state index in [2.05, 4.69) is 24.3 Å². The molecular weight excluding hydrogens is 559 g/mol. The zero-order valence-corrected chi connectivity index (χ0v) is 25.8. The Morgan fingerprint density at radius 2 is 0.786 bits per heavy atom. The molecule has 0 aliphatic heterocycles. The van der Waals surface area contributed by atoms with Crippen LogP contribution in [0.25, 0.3) is 22.3 Å². The topological polar surface area (TPSA) is 40.5 Å². The van der Waals surface area contributed by atoms with Crippen molar-refractivity contribution in [2.75, 3.05) is 0 Å². The summed E-state index contributed by atoms with van der Waals surface area (Å²) in [5, 5.41) is 23.1. The van der Waals surface area contributed by atoms with Gasteiger partial charge in [0, 0.05) is 10.0 Å². The first-order valence-corrected chi connectivity index (χ1v) is 16.3. The molecule has 0 spiro atoms. The third-order valence-electron chi connectivity index (χ3n) is 9.06. The van der Waals surface area contributed by atoms with Crippen LogP contribution < -0.4 is 0 Å². The van der Waals surface area contributed by atoms with Gasteiger partial charge in [0.1, 0.15) is 0 Å². The van der Waals surface area contributed by atoms with Gasteiger partial charge in [0.25, 0.3) is 0 Å². The minimum atomic E-state index is -0.364. The van der Waals surface area contributed by atoms with Crippen LogP contribution in [0.15, 0.2) is 97.1 Å². The molecule has 2 atom stereocenters. The predicted molar refractivity (Wildman–Crippen MR) is 177 cm³/mol. The van der Waals surface area contributed by atoms with Gasteiger partial charge in [-0.25, -0.2) is 0 Å². The lowest BCUT2D eigenvalue weighted by molar-refractivity contribution is 0.0851. The molecule has 0 unspecified atom stereocenters. The van der Waals surface area contributed by atoms with Gasteiger partial charge >= 0.3 is 0 Å². The molecule has 6 rings (SSSR count).